The number of aryl methyl sites for hydroxylation is 2. The standard InChI is InChI=1S/C17H18N4O/c1-12-9-16(21(2)20-12)19-17(22)11-18-15-8-7-13-5-3-4-6-14(13)10-15/h3-10,18H,11H2,1-2H3,(H,19,22). The van der Waals surface area contributed by atoms with Gasteiger partial charge in [-0.15, -0.1) is 0 Å². The van der Waals surface area contributed by atoms with Crippen molar-refractivity contribution in [1.82, 2.24) is 9.78 Å². The largest absolute Gasteiger partial charge is 0.376 e. The highest BCUT2D eigenvalue weighted by atomic mass is 16.2. The average Bonchev–Trinajstić information content (AvgIpc) is 2.82. The summed E-state index contributed by atoms with van der Waals surface area (Å²) >= 11 is 0. The van der Waals surface area contributed by atoms with Crippen molar-refractivity contribution in [2.24, 2.45) is 7.05 Å². The van der Waals surface area contributed by atoms with Crippen molar-refractivity contribution in [2.75, 3.05) is 17.2 Å². The van der Waals surface area contributed by atoms with Crippen LogP contribution < -0.4 is 10.6 Å². The van der Waals surface area contributed by atoms with Gasteiger partial charge in [-0.2, -0.15) is 5.10 Å². The Bertz CT molecular complexity index is 822. The van der Waals surface area contributed by atoms with Crippen LogP contribution in [0.5, 0.6) is 0 Å². The first-order chi connectivity index (χ1) is 10.6. The maximum atomic E-state index is 12.0. The summed E-state index contributed by atoms with van der Waals surface area (Å²) < 4.78 is 1.66. The maximum Gasteiger partial charge on any atom is 0.244 e. The number of amides is 1. The van der Waals surface area contributed by atoms with Gasteiger partial charge in [-0.25, -0.2) is 0 Å². The molecular weight excluding hydrogens is 276 g/mol. The predicted molar refractivity (Wildman–Crippen MR) is 89.0 cm³/mol. The van der Waals surface area contributed by atoms with Gasteiger partial charge >= 0.3 is 0 Å². The molecule has 1 heterocycles. The summed E-state index contributed by atoms with van der Waals surface area (Å²) in [7, 11) is 1.80. The van der Waals surface area contributed by atoms with Gasteiger partial charge < -0.3 is 10.6 Å². The second-order valence-corrected chi connectivity index (χ2v) is 5.26. The SMILES string of the molecule is Cc1cc(NC(=O)CNc2ccc3ccccc3c2)n(C)n1. The molecule has 112 valence electrons. The van der Waals surface area contributed by atoms with E-state index in [2.05, 4.69) is 27.9 Å². The first kappa shape index (κ1) is 14.1. The Balaban J connectivity index is 1.63. The van der Waals surface area contributed by atoms with Crippen LogP contribution in [0.4, 0.5) is 11.5 Å². The molecule has 0 fully saturated rings. The molecule has 5 heteroatoms. The minimum Gasteiger partial charge on any atom is -0.376 e. The number of anilines is 2. The molecular formula is C17H18N4O. The molecule has 0 spiro atoms. The van der Waals surface area contributed by atoms with Gasteiger partial charge in [-0.3, -0.25) is 9.48 Å². The lowest BCUT2D eigenvalue weighted by atomic mass is 10.1. The van der Waals surface area contributed by atoms with Crippen LogP contribution in [0.3, 0.4) is 0 Å². The third-order valence-electron chi connectivity index (χ3n) is 3.47. The molecule has 1 amide bonds. The van der Waals surface area contributed by atoms with E-state index in [1.165, 1.54) is 5.39 Å². The predicted octanol–water partition coefficient (Wildman–Crippen LogP) is 2.93. The van der Waals surface area contributed by atoms with Gasteiger partial charge in [0.05, 0.1) is 12.2 Å². The van der Waals surface area contributed by atoms with Crippen LogP contribution in [0.2, 0.25) is 0 Å². The number of rotatable bonds is 4. The summed E-state index contributed by atoms with van der Waals surface area (Å²) in [5, 5.41) is 12.5. The topological polar surface area (TPSA) is 59.0 Å². The van der Waals surface area contributed by atoms with Crippen molar-refractivity contribution < 1.29 is 4.79 Å². The number of benzene rings is 2. The average molecular weight is 294 g/mol. The first-order valence-corrected chi connectivity index (χ1v) is 7.15. The molecule has 0 saturated carbocycles. The lowest BCUT2D eigenvalue weighted by Gasteiger charge is -2.08. The van der Waals surface area contributed by atoms with Gasteiger partial charge in [0, 0.05) is 18.8 Å². The third kappa shape index (κ3) is 3.09. The van der Waals surface area contributed by atoms with Gasteiger partial charge in [-0.1, -0.05) is 30.3 Å². The summed E-state index contributed by atoms with van der Waals surface area (Å²) in [6, 6.07) is 16.0. The van der Waals surface area contributed by atoms with Crippen LogP contribution in [0.1, 0.15) is 5.69 Å². The molecule has 0 saturated heterocycles. The molecule has 0 aliphatic rings. The van der Waals surface area contributed by atoms with Gasteiger partial charge in [0.2, 0.25) is 5.91 Å². The Hall–Kier alpha value is -2.82. The molecule has 0 unspecified atom stereocenters. The number of hydrogen-bond donors (Lipinski definition) is 2. The first-order valence-electron chi connectivity index (χ1n) is 7.15. The monoisotopic (exact) mass is 294 g/mol. The lowest BCUT2D eigenvalue weighted by Crippen LogP contribution is -2.23. The third-order valence-corrected chi connectivity index (χ3v) is 3.47. The number of nitrogens with zero attached hydrogens (tertiary/aromatic N) is 2. The van der Waals surface area contributed by atoms with Crippen molar-refractivity contribution >= 4 is 28.2 Å². The van der Waals surface area contributed by atoms with E-state index < -0.39 is 0 Å². The van der Waals surface area contributed by atoms with Crippen molar-refractivity contribution in [1.29, 1.82) is 0 Å². The van der Waals surface area contributed by atoms with E-state index in [-0.39, 0.29) is 12.5 Å². The van der Waals surface area contributed by atoms with Gasteiger partial charge in [0.15, 0.2) is 0 Å². The Labute approximate surface area is 128 Å². The number of fused-ring (bicyclic) bond motifs is 1. The van der Waals surface area contributed by atoms with E-state index in [9.17, 15) is 4.79 Å². The van der Waals surface area contributed by atoms with E-state index in [0.29, 0.717) is 5.82 Å². The van der Waals surface area contributed by atoms with E-state index in [0.717, 1.165) is 16.8 Å². The van der Waals surface area contributed by atoms with Crippen molar-refractivity contribution in [2.45, 2.75) is 6.92 Å². The second kappa shape index (κ2) is 5.89. The molecule has 1 aromatic heterocycles. The molecule has 3 rings (SSSR count). The summed E-state index contributed by atoms with van der Waals surface area (Å²) in [4.78, 5) is 12.0. The van der Waals surface area contributed by atoms with Gasteiger partial charge in [0.25, 0.3) is 0 Å². The van der Waals surface area contributed by atoms with Gasteiger partial charge in [-0.05, 0) is 29.8 Å². The zero-order valence-electron chi connectivity index (χ0n) is 12.6. The minimum atomic E-state index is -0.101. The molecule has 22 heavy (non-hydrogen) atoms. The minimum absolute atomic E-state index is 0.101. The van der Waals surface area contributed by atoms with Crippen LogP contribution in [0.15, 0.2) is 48.5 Å². The summed E-state index contributed by atoms with van der Waals surface area (Å²) in [6.45, 7) is 2.10. The van der Waals surface area contributed by atoms with E-state index in [1.807, 2.05) is 43.3 Å². The van der Waals surface area contributed by atoms with E-state index >= 15 is 0 Å². The molecule has 2 aromatic carbocycles. The molecule has 0 aliphatic carbocycles. The molecule has 0 atom stereocenters. The molecule has 2 N–H and O–H groups in total. The Kier molecular flexibility index (Phi) is 3.78. The number of hydrogen-bond acceptors (Lipinski definition) is 3. The fourth-order valence-electron chi connectivity index (χ4n) is 2.40. The van der Waals surface area contributed by atoms with Gasteiger partial charge in [0.1, 0.15) is 5.82 Å². The number of nitrogens with one attached hydrogen (secondary N) is 2. The van der Waals surface area contributed by atoms with Crippen LogP contribution in [0.25, 0.3) is 10.8 Å². The zero-order chi connectivity index (χ0) is 15.5. The van der Waals surface area contributed by atoms with E-state index in [1.54, 1.807) is 11.7 Å². The second-order valence-electron chi connectivity index (χ2n) is 5.26. The molecule has 5 nitrogen and oxygen atoms in total. The quantitative estimate of drug-likeness (QED) is 0.778. The fourth-order valence-corrected chi connectivity index (χ4v) is 2.40. The van der Waals surface area contributed by atoms with Crippen molar-refractivity contribution in [3.05, 3.63) is 54.2 Å². The fraction of sp³-hybridized carbons (Fsp3) is 0.176. The highest BCUT2D eigenvalue weighted by molar-refractivity contribution is 5.93. The Morgan fingerprint density at radius 2 is 1.91 bits per heavy atom. The summed E-state index contributed by atoms with van der Waals surface area (Å²) in [5.41, 5.74) is 1.80. The molecule has 0 radical (unpaired) electrons. The highest BCUT2D eigenvalue weighted by Crippen LogP contribution is 2.18. The number of aromatic nitrogens is 2. The van der Waals surface area contributed by atoms with Crippen LogP contribution in [-0.4, -0.2) is 22.2 Å². The summed E-state index contributed by atoms with van der Waals surface area (Å²) in [5.74, 6) is 0.596. The zero-order valence-corrected chi connectivity index (χ0v) is 12.6. The molecule has 3 aromatic rings. The number of carbonyl (C=O) groups excluding carboxylic acids is 1. The smallest absolute Gasteiger partial charge is 0.244 e. The van der Waals surface area contributed by atoms with E-state index in [4.69, 9.17) is 0 Å². The van der Waals surface area contributed by atoms with Crippen molar-refractivity contribution in [3.8, 4) is 0 Å². The van der Waals surface area contributed by atoms with Crippen LogP contribution in [-0.2, 0) is 11.8 Å². The summed E-state index contributed by atoms with van der Waals surface area (Å²) in [6.07, 6.45) is 0. The highest BCUT2D eigenvalue weighted by Gasteiger charge is 2.07. The Morgan fingerprint density at radius 1 is 1.14 bits per heavy atom. The van der Waals surface area contributed by atoms with Crippen LogP contribution >= 0.6 is 0 Å². The lowest BCUT2D eigenvalue weighted by molar-refractivity contribution is -0.114. The number of carbonyl (C=O) groups is 1. The maximum absolute atomic E-state index is 12.0. The normalized spacial score (nSPS) is 10.6. The Morgan fingerprint density at radius 3 is 2.64 bits per heavy atom. The molecule has 0 bridgehead atoms. The molecule has 0 aliphatic heterocycles. The van der Waals surface area contributed by atoms with Crippen molar-refractivity contribution in [3.63, 3.8) is 0 Å². The van der Waals surface area contributed by atoms with Crippen LogP contribution in [0, 0.1) is 6.92 Å².